The third-order valence-electron chi connectivity index (χ3n) is 5.13. The molecule has 1 aromatic rings. The van der Waals surface area contributed by atoms with Gasteiger partial charge in [0.25, 0.3) is 0 Å². The second kappa shape index (κ2) is 8.25. The van der Waals surface area contributed by atoms with Gasteiger partial charge in [0.15, 0.2) is 0 Å². The Hall–Kier alpha value is -1.50. The van der Waals surface area contributed by atoms with Gasteiger partial charge in [-0.25, -0.2) is 4.39 Å². The monoisotopic (exact) mass is 350 g/mol. The van der Waals surface area contributed by atoms with Crippen LogP contribution >= 0.6 is 0 Å². The van der Waals surface area contributed by atoms with E-state index >= 15 is 0 Å². The largest absolute Gasteiger partial charge is 0.375 e. The molecule has 3 atom stereocenters. The Kier molecular flexibility index (Phi) is 6.04. The maximum absolute atomic E-state index is 13.1. The van der Waals surface area contributed by atoms with Crippen LogP contribution in [0.25, 0.3) is 0 Å². The zero-order valence-electron chi connectivity index (χ0n) is 15.0. The topological polar surface area (TPSA) is 42.0 Å². The lowest BCUT2D eigenvalue weighted by molar-refractivity contribution is -0.134. The summed E-state index contributed by atoms with van der Waals surface area (Å²) in [5, 5.41) is 0. The average Bonchev–Trinajstić information content (AvgIpc) is 3.00. The summed E-state index contributed by atoms with van der Waals surface area (Å²) in [5.74, 6) is 0.206. The quantitative estimate of drug-likeness (QED) is 0.786. The molecule has 0 aromatic heterocycles. The van der Waals surface area contributed by atoms with Crippen molar-refractivity contribution in [3.8, 4) is 0 Å². The van der Waals surface area contributed by atoms with E-state index in [4.69, 9.17) is 9.47 Å². The molecule has 0 spiro atoms. The van der Waals surface area contributed by atoms with E-state index in [1.807, 2.05) is 12.1 Å². The molecule has 1 amide bonds. The minimum absolute atomic E-state index is 0.00963. The first-order valence-electron chi connectivity index (χ1n) is 8.91. The number of nitrogens with zero attached hydrogens (tertiary/aromatic N) is 2. The minimum atomic E-state index is -0.200. The smallest absolute Gasteiger partial charge is 0.248 e. The van der Waals surface area contributed by atoms with Crippen LogP contribution in [0.3, 0.4) is 0 Å². The molecular formula is C19H27FN2O3. The molecule has 138 valence electrons. The van der Waals surface area contributed by atoms with Crippen LogP contribution in [0.5, 0.6) is 0 Å². The summed E-state index contributed by atoms with van der Waals surface area (Å²) in [5.41, 5.74) is 1.12. The van der Waals surface area contributed by atoms with Crippen LogP contribution in [0.1, 0.15) is 18.4 Å². The van der Waals surface area contributed by atoms with Crippen LogP contribution in [0.15, 0.2) is 24.3 Å². The predicted octanol–water partition coefficient (Wildman–Crippen LogP) is 1.91. The number of carbonyl (C=O) groups is 1. The molecule has 5 nitrogen and oxygen atoms in total. The fourth-order valence-electron chi connectivity index (χ4n) is 3.72. The van der Waals surface area contributed by atoms with Crippen LogP contribution in [0.2, 0.25) is 0 Å². The lowest BCUT2D eigenvalue weighted by Gasteiger charge is -2.37. The van der Waals surface area contributed by atoms with E-state index in [9.17, 15) is 9.18 Å². The van der Waals surface area contributed by atoms with E-state index in [1.165, 1.54) is 12.1 Å². The number of hydrogen-bond acceptors (Lipinski definition) is 4. The van der Waals surface area contributed by atoms with Gasteiger partial charge in [0.2, 0.25) is 5.91 Å². The van der Waals surface area contributed by atoms with E-state index in [0.29, 0.717) is 18.6 Å². The van der Waals surface area contributed by atoms with Gasteiger partial charge in [-0.05, 0) is 36.5 Å². The first kappa shape index (κ1) is 18.3. The molecule has 1 saturated heterocycles. The number of hydrogen-bond donors (Lipinski definition) is 0. The summed E-state index contributed by atoms with van der Waals surface area (Å²) >= 11 is 0. The number of benzene rings is 1. The van der Waals surface area contributed by atoms with Gasteiger partial charge in [0.05, 0.1) is 19.3 Å². The van der Waals surface area contributed by atoms with Crippen molar-refractivity contribution in [3.05, 3.63) is 35.6 Å². The summed E-state index contributed by atoms with van der Waals surface area (Å²) in [6.07, 6.45) is 2.22. The standard InChI is InChI=1S/C19H27FN2O3/c1-21(2)19(23)13-24-12-15-9-17-18(10-15)25-8-7-22(17)11-14-3-5-16(20)6-4-14/h3-6,15,17-18H,7-13H2,1-2H3/t15-,17-,18-/m0/s1. The molecule has 3 rings (SSSR count). The van der Waals surface area contributed by atoms with Crippen LogP contribution in [-0.2, 0) is 20.8 Å². The lowest BCUT2D eigenvalue weighted by Crippen LogP contribution is -2.47. The number of likely N-dealkylation sites (N-methyl/N-ethyl adjacent to an activating group) is 1. The summed E-state index contributed by atoms with van der Waals surface area (Å²) in [6, 6.07) is 7.10. The molecule has 0 radical (unpaired) electrons. The molecule has 2 fully saturated rings. The first-order chi connectivity index (χ1) is 12.0. The van der Waals surface area contributed by atoms with Crippen molar-refractivity contribution in [1.29, 1.82) is 0 Å². The minimum Gasteiger partial charge on any atom is -0.375 e. The van der Waals surface area contributed by atoms with E-state index in [-0.39, 0.29) is 24.4 Å². The molecule has 1 aliphatic carbocycles. The number of rotatable bonds is 6. The molecular weight excluding hydrogens is 323 g/mol. The summed E-state index contributed by atoms with van der Waals surface area (Å²) in [6.45, 7) is 3.18. The van der Waals surface area contributed by atoms with E-state index < -0.39 is 0 Å². The maximum Gasteiger partial charge on any atom is 0.248 e. The predicted molar refractivity (Wildman–Crippen MR) is 92.6 cm³/mol. The highest BCUT2D eigenvalue weighted by atomic mass is 19.1. The van der Waals surface area contributed by atoms with Crippen LogP contribution in [0, 0.1) is 11.7 Å². The number of ether oxygens (including phenoxy) is 2. The molecule has 0 unspecified atom stereocenters. The van der Waals surface area contributed by atoms with Crippen molar-refractivity contribution in [3.63, 3.8) is 0 Å². The Morgan fingerprint density at radius 1 is 1.32 bits per heavy atom. The average molecular weight is 350 g/mol. The molecule has 2 aliphatic rings. The fourth-order valence-corrected chi connectivity index (χ4v) is 3.72. The lowest BCUT2D eigenvalue weighted by atomic mass is 10.1. The zero-order valence-corrected chi connectivity index (χ0v) is 15.0. The second-order valence-corrected chi connectivity index (χ2v) is 7.21. The van der Waals surface area contributed by atoms with E-state index in [2.05, 4.69) is 4.90 Å². The molecule has 1 heterocycles. The Morgan fingerprint density at radius 2 is 2.08 bits per heavy atom. The van der Waals surface area contributed by atoms with E-state index in [1.54, 1.807) is 19.0 Å². The van der Waals surface area contributed by atoms with Crippen LogP contribution in [0.4, 0.5) is 4.39 Å². The summed E-state index contributed by atoms with van der Waals surface area (Å²) in [4.78, 5) is 15.6. The Balaban J connectivity index is 1.51. The highest BCUT2D eigenvalue weighted by molar-refractivity contribution is 5.76. The number of fused-ring (bicyclic) bond motifs is 1. The van der Waals surface area contributed by atoms with Crippen molar-refractivity contribution in [2.45, 2.75) is 31.5 Å². The highest BCUT2D eigenvalue weighted by Gasteiger charge is 2.40. The number of amides is 1. The number of halogens is 1. The van der Waals surface area contributed by atoms with Crippen molar-refractivity contribution in [1.82, 2.24) is 9.80 Å². The molecule has 0 N–H and O–H groups in total. The number of carbonyl (C=O) groups excluding carboxylic acids is 1. The zero-order chi connectivity index (χ0) is 17.8. The number of morpholine rings is 1. The van der Waals surface area contributed by atoms with Gasteiger partial charge in [0.1, 0.15) is 12.4 Å². The third kappa shape index (κ3) is 4.77. The molecule has 1 aliphatic heterocycles. The van der Waals surface area contributed by atoms with Gasteiger partial charge in [-0.3, -0.25) is 9.69 Å². The van der Waals surface area contributed by atoms with Gasteiger partial charge < -0.3 is 14.4 Å². The van der Waals surface area contributed by atoms with Crippen LogP contribution < -0.4 is 0 Å². The van der Waals surface area contributed by atoms with Crippen molar-refractivity contribution in [2.75, 3.05) is 40.5 Å². The highest BCUT2D eigenvalue weighted by Crippen LogP contribution is 2.35. The SMILES string of the molecule is CN(C)C(=O)COC[C@@H]1C[C@@H]2OCCN(Cc3ccc(F)cc3)[C@H]2C1. The normalized spacial score (nSPS) is 26.4. The van der Waals surface area contributed by atoms with Gasteiger partial charge in [-0.1, -0.05) is 12.1 Å². The summed E-state index contributed by atoms with van der Waals surface area (Å²) in [7, 11) is 3.47. The fraction of sp³-hybridized carbons (Fsp3) is 0.632. The van der Waals surface area contributed by atoms with Crippen molar-refractivity contribution < 1.29 is 18.7 Å². The molecule has 6 heteroatoms. The first-order valence-corrected chi connectivity index (χ1v) is 8.91. The Bertz CT molecular complexity index is 579. The van der Waals surface area contributed by atoms with Crippen molar-refractivity contribution >= 4 is 5.91 Å². The Morgan fingerprint density at radius 3 is 2.80 bits per heavy atom. The second-order valence-electron chi connectivity index (χ2n) is 7.21. The molecule has 1 aromatic carbocycles. The molecule has 0 bridgehead atoms. The third-order valence-corrected chi connectivity index (χ3v) is 5.13. The van der Waals surface area contributed by atoms with Gasteiger partial charge in [0, 0.05) is 33.2 Å². The van der Waals surface area contributed by atoms with Gasteiger partial charge in [-0.2, -0.15) is 0 Å². The Labute approximate surface area is 148 Å². The molecule has 1 saturated carbocycles. The van der Waals surface area contributed by atoms with Gasteiger partial charge in [-0.15, -0.1) is 0 Å². The summed E-state index contributed by atoms with van der Waals surface area (Å²) < 4.78 is 24.6. The maximum atomic E-state index is 13.1. The van der Waals surface area contributed by atoms with Gasteiger partial charge >= 0.3 is 0 Å². The van der Waals surface area contributed by atoms with Crippen molar-refractivity contribution in [2.24, 2.45) is 5.92 Å². The molecule has 25 heavy (non-hydrogen) atoms. The van der Waals surface area contributed by atoms with E-state index in [0.717, 1.165) is 38.1 Å². The van der Waals surface area contributed by atoms with Crippen LogP contribution in [-0.4, -0.2) is 68.3 Å².